The third-order valence-corrected chi connectivity index (χ3v) is 4.16. The van der Waals surface area contributed by atoms with Crippen LogP contribution in [0.2, 0.25) is 0 Å². The summed E-state index contributed by atoms with van der Waals surface area (Å²) in [5.74, 6) is -0.522. The highest BCUT2D eigenvalue weighted by molar-refractivity contribution is 6.69. The first-order valence-electron chi connectivity index (χ1n) is 8.85. The van der Waals surface area contributed by atoms with Crippen LogP contribution in [0.1, 0.15) is 11.7 Å². The molecule has 1 aliphatic heterocycles. The van der Waals surface area contributed by atoms with Gasteiger partial charge in [-0.2, -0.15) is 10.2 Å². The van der Waals surface area contributed by atoms with Crippen molar-refractivity contribution in [2.45, 2.75) is 6.10 Å². The number of hydrazone groups is 2. The van der Waals surface area contributed by atoms with Crippen molar-refractivity contribution in [3.63, 3.8) is 0 Å². The van der Waals surface area contributed by atoms with Gasteiger partial charge in [-0.25, -0.2) is 4.79 Å². The fraction of sp³-hybridized carbons (Fsp3) is 0.0455. The SMILES string of the molecule is O=C1OC(c2ccccc2)C(=N\Nc2ccccc2)/C1=N/Nc1ccccc1. The highest BCUT2D eigenvalue weighted by atomic mass is 16.6. The number of hydrogen-bond acceptors (Lipinski definition) is 6. The van der Waals surface area contributed by atoms with Crippen LogP contribution in [0.25, 0.3) is 0 Å². The van der Waals surface area contributed by atoms with Crippen molar-refractivity contribution in [3.05, 3.63) is 96.6 Å². The van der Waals surface area contributed by atoms with Crippen molar-refractivity contribution in [2.24, 2.45) is 10.2 Å². The molecule has 0 amide bonds. The molecule has 28 heavy (non-hydrogen) atoms. The molecule has 1 unspecified atom stereocenters. The molecule has 3 aromatic rings. The van der Waals surface area contributed by atoms with Crippen molar-refractivity contribution < 1.29 is 9.53 Å². The number of anilines is 2. The third kappa shape index (κ3) is 3.91. The van der Waals surface area contributed by atoms with Gasteiger partial charge in [0.2, 0.25) is 0 Å². The predicted molar refractivity (Wildman–Crippen MR) is 110 cm³/mol. The van der Waals surface area contributed by atoms with Crippen LogP contribution in [0.3, 0.4) is 0 Å². The number of carbonyl (C=O) groups is 1. The Kier molecular flexibility index (Phi) is 5.11. The molecule has 0 aliphatic carbocycles. The minimum atomic E-state index is -0.624. The van der Waals surface area contributed by atoms with Crippen LogP contribution in [-0.4, -0.2) is 17.4 Å². The summed E-state index contributed by atoms with van der Waals surface area (Å²) in [6.07, 6.45) is -0.624. The Morgan fingerprint density at radius 3 is 1.75 bits per heavy atom. The molecule has 0 bridgehead atoms. The van der Waals surface area contributed by atoms with Crippen molar-refractivity contribution >= 4 is 28.8 Å². The molecule has 0 aromatic heterocycles. The van der Waals surface area contributed by atoms with Gasteiger partial charge in [-0.15, -0.1) is 0 Å². The number of benzene rings is 3. The molecule has 1 atom stereocenters. The van der Waals surface area contributed by atoms with Crippen LogP contribution in [0, 0.1) is 0 Å². The van der Waals surface area contributed by atoms with Gasteiger partial charge in [0.05, 0.1) is 11.4 Å². The topological polar surface area (TPSA) is 75.1 Å². The number of para-hydroxylation sites is 2. The maximum absolute atomic E-state index is 12.5. The number of esters is 1. The highest BCUT2D eigenvalue weighted by Crippen LogP contribution is 2.27. The first kappa shape index (κ1) is 17.5. The zero-order valence-electron chi connectivity index (χ0n) is 14.9. The van der Waals surface area contributed by atoms with E-state index in [9.17, 15) is 4.79 Å². The zero-order chi connectivity index (χ0) is 19.2. The number of nitrogens with zero attached hydrogens (tertiary/aromatic N) is 2. The van der Waals surface area contributed by atoms with Gasteiger partial charge in [0.1, 0.15) is 5.71 Å². The quantitative estimate of drug-likeness (QED) is 0.521. The Morgan fingerprint density at radius 1 is 0.679 bits per heavy atom. The molecule has 1 saturated heterocycles. The summed E-state index contributed by atoms with van der Waals surface area (Å²) < 4.78 is 5.57. The molecule has 0 spiro atoms. The van der Waals surface area contributed by atoms with E-state index in [1.165, 1.54) is 0 Å². The number of cyclic esters (lactones) is 1. The van der Waals surface area contributed by atoms with Crippen LogP contribution in [-0.2, 0) is 9.53 Å². The zero-order valence-corrected chi connectivity index (χ0v) is 14.9. The number of carbonyl (C=O) groups excluding carboxylic acids is 1. The first-order valence-corrected chi connectivity index (χ1v) is 8.85. The number of nitrogens with one attached hydrogen (secondary N) is 2. The minimum absolute atomic E-state index is 0.140. The molecule has 1 fully saturated rings. The van der Waals surface area contributed by atoms with E-state index in [1.54, 1.807) is 0 Å². The van der Waals surface area contributed by atoms with Crippen LogP contribution in [0.5, 0.6) is 0 Å². The fourth-order valence-electron chi connectivity index (χ4n) is 2.79. The second kappa shape index (κ2) is 8.18. The van der Waals surface area contributed by atoms with Gasteiger partial charge in [0, 0.05) is 0 Å². The van der Waals surface area contributed by atoms with Crippen LogP contribution >= 0.6 is 0 Å². The summed E-state index contributed by atoms with van der Waals surface area (Å²) in [5, 5.41) is 8.71. The standard InChI is InChI=1S/C22H18N4O2/c27-22-20(26-24-18-14-8-3-9-15-18)19(25-23-17-12-6-2-7-13-17)21(28-22)16-10-4-1-5-11-16/h1-15,21,23-24H/b25-19-,26-20-. The lowest BCUT2D eigenvalue weighted by Gasteiger charge is -2.10. The lowest BCUT2D eigenvalue weighted by atomic mass is 10.0. The molecule has 6 heteroatoms. The lowest BCUT2D eigenvalue weighted by molar-refractivity contribution is -0.136. The van der Waals surface area contributed by atoms with E-state index in [0.717, 1.165) is 16.9 Å². The Hall–Kier alpha value is -3.93. The average Bonchev–Trinajstić information content (AvgIpc) is 3.08. The summed E-state index contributed by atoms with van der Waals surface area (Å²) in [4.78, 5) is 12.5. The van der Waals surface area contributed by atoms with Crippen molar-refractivity contribution in [3.8, 4) is 0 Å². The van der Waals surface area contributed by atoms with E-state index < -0.39 is 12.1 Å². The Balaban J connectivity index is 1.67. The second-order valence-electron chi connectivity index (χ2n) is 6.11. The van der Waals surface area contributed by atoms with Gasteiger partial charge in [-0.3, -0.25) is 10.9 Å². The number of rotatable bonds is 5. The molecular weight excluding hydrogens is 352 g/mol. The van der Waals surface area contributed by atoms with Crippen molar-refractivity contribution in [2.75, 3.05) is 10.9 Å². The summed E-state index contributed by atoms with van der Waals surface area (Å²) in [6.45, 7) is 0. The molecule has 1 heterocycles. The maximum Gasteiger partial charge on any atom is 0.361 e. The lowest BCUT2D eigenvalue weighted by Crippen LogP contribution is -2.20. The van der Waals surface area contributed by atoms with Gasteiger partial charge in [0.25, 0.3) is 0 Å². The molecular formula is C22H18N4O2. The summed E-state index contributed by atoms with van der Waals surface area (Å²) in [6, 6.07) is 28.4. The van der Waals surface area contributed by atoms with Gasteiger partial charge < -0.3 is 4.74 Å². The molecule has 1 aliphatic rings. The van der Waals surface area contributed by atoms with E-state index in [2.05, 4.69) is 21.1 Å². The Morgan fingerprint density at radius 2 is 1.18 bits per heavy atom. The molecule has 6 nitrogen and oxygen atoms in total. The molecule has 2 N–H and O–H groups in total. The van der Waals surface area contributed by atoms with Crippen LogP contribution in [0.4, 0.5) is 11.4 Å². The smallest absolute Gasteiger partial charge is 0.361 e. The number of ether oxygens (including phenoxy) is 1. The van der Waals surface area contributed by atoms with Crippen LogP contribution in [0.15, 0.2) is 101 Å². The molecule has 3 aromatic carbocycles. The predicted octanol–water partition coefficient (Wildman–Crippen LogP) is 4.22. The highest BCUT2D eigenvalue weighted by Gasteiger charge is 2.39. The molecule has 0 radical (unpaired) electrons. The Bertz CT molecular complexity index is 1000. The van der Waals surface area contributed by atoms with Crippen molar-refractivity contribution in [1.29, 1.82) is 0 Å². The monoisotopic (exact) mass is 370 g/mol. The summed E-state index contributed by atoms with van der Waals surface area (Å²) in [7, 11) is 0. The Labute approximate surface area is 162 Å². The normalized spacial score (nSPS) is 18.9. The maximum atomic E-state index is 12.5. The van der Waals surface area contributed by atoms with E-state index in [4.69, 9.17) is 4.74 Å². The van der Waals surface area contributed by atoms with Crippen LogP contribution < -0.4 is 10.9 Å². The van der Waals surface area contributed by atoms with E-state index in [1.807, 2.05) is 91.0 Å². The van der Waals surface area contributed by atoms with E-state index in [0.29, 0.717) is 5.71 Å². The van der Waals surface area contributed by atoms with E-state index >= 15 is 0 Å². The second-order valence-corrected chi connectivity index (χ2v) is 6.11. The number of hydrogen-bond donors (Lipinski definition) is 2. The van der Waals surface area contributed by atoms with Gasteiger partial charge >= 0.3 is 5.97 Å². The largest absolute Gasteiger partial charge is 0.446 e. The molecule has 138 valence electrons. The minimum Gasteiger partial charge on any atom is -0.446 e. The fourth-order valence-corrected chi connectivity index (χ4v) is 2.79. The molecule has 4 rings (SSSR count). The third-order valence-electron chi connectivity index (χ3n) is 4.16. The van der Waals surface area contributed by atoms with Gasteiger partial charge in [0.15, 0.2) is 11.8 Å². The summed E-state index contributed by atoms with van der Waals surface area (Å²) >= 11 is 0. The van der Waals surface area contributed by atoms with Gasteiger partial charge in [-0.1, -0.05) is 66.7 Å². The first-order chi connectivity index (χ1) is 13.8. The van der Waals surface area contributed by atoms with Gasteiger partial charge in [-0.05, 0) is 29.8 Å². The average molecular weight is 370 g/mol. The van der Waals surface area contributed by atoms with E-state index in [-0.39, 0.29) is 5.71 Å². The summed E-state index contributed by atoms with van der Waals surface area (Å²) in [5.41, 5.74) is 8.83. The van der Waals surface area contributed by atoms with Crippen molar-refractivity contribution in [1.82, 2.24) is 0 Å². The molecule has 0 saturated carbocycles.